The molecule has 1 fully saturated rings. The van der Waals surface area contributed by atoms with Gasteiger partial charge >= 0.3 is 0 Å². The summed E-state index contributed by atoms with van der Waals surface area (Å²) < 4.78 is 0. The van der Waals surface area contributed by atoms with Crippen LogP contribution in [0, 0.1) is 0 Å². The van der Waals surface area contributed by atoms with E-state index in [1.807, 2.05) is 29.2 Å². The van der Waals surface area contributed by atoms with Crippen LogP contribution in [0.4, 0.5) is 11.4 Å². The van der Waals surface area contributed by atoms with Gasteiger partial charge in [0.05, 0.1) is 10.7 Å². The van der Waals surface area contributed by atoms with Gasteiger partial charge in [0.25, 0.3) is 0 Å². The Hall–Kier alpha value is -2.04. The van der Waals surface area contributed by atoms with Gasteiger partial charge in [0, 0.05) is 44.8 Å². The van der Waals surface area contributed by atoms with Crippen molar-refractivity contribution in [2.45, 2.75) is 19.3 Å². The fourth-order valence-electron chi connectivity index (χ4n) is 4.11. The van der Waals surface area contributed by atoms with Gasteiger partial charge in [-0.15, -0.1) is 0 Å². The normalized spacial score (nSPS) is 17.2. The summed E-state index contributed by atoms with van der Waals surface area (Å²) in [5.74, 6) is 0.259. The summed E-state index contributed by atoms with van der Waals surface area (Å²) in [5.41, 5.74) is 3.53. The number of hydrogen-bond donors (Lipinski definition) is 0. The molecule has 0 spiro atoms. The zero-order valence-electron chi connectivity index (χ0n) is 15.6. The second kappa shape index (κ2) is 8.32. The molecule has 1 amide bonds. The highest BCUT2D eigenvalue weighted by Crippen LogP contribution is 2.28. The third-order valence-corrected chi connectivity index (χ3v) is 5.94. The van der Waals surface area contributed by atoms with Crippen LogP contribution in [0.15, 0.2) is 48.5 Å². The van der Waals surface area contributed by atoms with Crippen LogP contribution >= 0.6 is 11.6 Å². The van der Waals surface area contributed by atoms with Crippen LogP contribution in [0.1, 0.15) is 18.4 Å². The number of halogens is 1. The molecule has 4 rings (SSSR count). The smallest absolute Gasteiger partial charge is 0.227 e. The number of hydrogen-bond acceptors (Lipinski definition) is 3. The van der Waals surface area contributed by atoms with E-state index in [0.717, 1.165) is 68.5 Å². The number of piperazine rings is 1. The Morgan fingerprint density at radius 1 is 0.889 bits per heavy atom. The van der Waals surface area contributed by atoms with Gasteiger partial charge in [-0.1, -0.05) is 41.9 Å². The molecule has 2 aliphatic rings. The maximum absolute atomic E-state index is 12.6. The minimum atomic E-state index is 0.259. The van der Waals surface area contributed by atoms with E-state index in [9.17, 15) is 4.79 Å². The molecule has 5 heteroatoms. The van der Waals surface area contributed by atoms with Crippen molar-refractivity contribution >= 4 is 28.9 Å². The molecule has 0 saturated carbocycles. The molecule has 2 aromatic carbocycles. The van der Waals surface area contributed by atoms with Crippen LogP contribution in [0.25, 0.3) is 0 Å². The monoisotopic (exact) mass is 383 g/mol. The van der Waals surface area contributed by atoms with E-state index >= 15 is 0 Å². The van der Waals surface area contributed by atoms with Gasteiger partial charge in [-0.3, -0.25) is 9.69 Å². The second-order valence-electron chi connectivity index (χ2n) is 7.31. The van der Waals surface area contributed by atoms with E-state index in [4.69, 9.17) is 11.6 Å². The van der Waals surface area contributed by atoms with Crippen LogP contribution in [0.3, 0.4) is 0 Å². The molecular weight excluding hydrogens is 358 g/mol. The van der Waals surface area contributed by atoms with Gasteiger partial charge < -0.3 is 9.80 Å². The number of para-hydroxylation sites is 2. The number of amides is 1. The summed E-state index contributed by atoms with van der Waals surface area (Å²) in [5, 5.41) is 0.822. The van der Waals surface area contributed by atoms with Crippen molar-refractivity contribution in [3.8, 4) is 0 Å². The van der Waals surface area contributed by atoms with Gasteiger partial charge in [0.2, 0.25) is 5.91 Å². The summed E-state index contributed by atoms with van der Waals surface area (Å²) in [7, 11) is 0. The predicted molar refractivity (Wildman–Crippen MR) is 112 cm³/mol. The molecule has 0 aromatic heterocycles. The standard InChI is InChI=1S/C22H26ClN3O/c23-19-7-2-4-9-21(19)25-16-14-24(15-17-25)12-5-10-22(27)26-13-11-18-6-1-3-8-20(18)26/h1-4,6-9H,5,10-17H2. The lowest BCUT2D eigenvalue weighted by Gasteiger charge is -2.36. The van der Waals surface area contributed by atoms with Crippen molar-refractivity contribution in [3.05, 3.63) is 59.1 Å². The Morgan fingerprint density at radius 2 is 1.59 bits per heavy atom. The molecule has 142 valence electrons. The van der Waals surface area contributed by atoms with E-state index in [-0.39, 0.29) is 5.91 Å². The summed E-state index contributed by atoms with van der Waals surface area (Å²) in [4.78, 5) is 19.4. The minimum Gasteiger partial charge on any atom is -0.368 e. The molecule has 0 unspecified atom stereocenters. The first-order valence-electron chi connectivity index (χ1n) is 9.82. The van der Waals surface area contributed by atoms with Crippen molar-refractivity contribution in [2.75, 3.05) is 49.1 Å². The first-order valence-corrected chi connectivity index (χ1v) is 10.2. The van der Waals surface area contributed by atoms with Gasteiger partial charge in [0.1, 0.15) is 0 Å². The lowest BCUT2D eigenvalue weighted by Crippen LogP contribution is -2.46. The van der Waals surface area contributed by atoms with Gasteiger partial charge in [0.15, 0.2) is 0 Å². The van der Waals surface area contributed by atoms with Crippen LogP contribution in [0.5, 0.6) is 0 Å². The van der Waals surface area contributed by atoms with Crippen molar-refractivity contribution < 1.29 is 4.79 Å². The third-order valence-electron chi connectivity index (χ3n) is 5.62. The number of anilines is 2. The average molecular weight is 384 g/mol. The number of fused-ring (bicyclic) bond motifs is 1. The number of rotatable bonds is 5. The average Bonchev–Trinajstić information content (AvgIpc) is 3.13. The molecule has 0 bridgehead atoms. The van der Waals surface area contributed by atoms with E-state index in [2.05, 4.69) is 34.1 Å². The Bertz CT molecular complexity index is 802. The second-order valence-corrected chi connectivity index (χ2v) is 7.71. The highest BCUT2D eigenvalue weighted by molar-refractivity contribution is 6.33. The maximum atomic E-state index is 12.6. The van der Waals surface area contributed by atoms with Gasteiger partial charge in [-0.25, -0.2) is 0 Å². The van der Waals surface area contributed by atoms with E-state index in [1.54, 1.807) is 0 Å². The minimum absolute atomic E-state index is 0.259. The van der Waals surface area contributed by atoms with E-state index < -0.39 is 0 Å². The fraction of sp³-hybridized carbons (Fsp3) is 0.409. The molecule has 0 radical (unpaired) electrons. The molecule has 0 aliphatic carbocycles. The quantitative estimate of drug-likeness (QED) is 0.785. The Labute approximate surface area is 166 Å². The number of benzene rings is 2. The lowest BCUT2D eigenvalue weighted by atomic mass is 10.2. The summed E-state index contributed by atoms with van der Waals surface area (Å²) in [6.45, 7) is 5.82. The number of nitrogens with zero attached hydrogens (tertiary/aromatic N) is 3. The van der Waals surface area contributed by atoms with Crippen LogP contribution in [0.2, 0.25) is 5.02 Å². The first kappa shape index (κ1) is 18.3. The van der Waals surface area contributed by atoms with Crippen LogP contribution < -0.4 is 9.80 Å². The van der Waals surface area contributed by atoms with Crippen molar-refractivity contribution in [3.63, 3.8) is 0 Å². The van der Waals surface area contributed by atoms with Crippen LogP contribution in [-0.4, -0.2) is 50.1 Å². The maximum Gasteiger partial charge on any atom is 0.227 e. The van der Waals surface area contributed by atoms with E-state index in [0.29, 0.717) is 6.42 Å². The molecule has 0 N–H and O–H groups in total. The summed E-state index contributed by atoms with van der Waals surface area (Å²) in [6, 6.07) is 16.3. The fourth-order valence-corrected chi connectivity index (χ4v) is 4.36. The zero-order valence-corrected chi connectivity index (χ0v) is 16.4. The Kier molecular flexibility index (Phi) is 5.65. The van der Waals surface area contributed by atoms with Gasteiger partial charge in [-0.2, -0.15) is 0 Å². The summed E-state index contributed by atoms with van der Waals surface area (Å²) in [6.07, 6.45) is 2.52. The largest absolute Gasteiger partial charge is 0.368 e. The molecule has 4 nitrogen and oxygen atoms in total. The molecule has 27 heavy (non-hydrogen) atoms. The highest BCUT2D eigenvalue weighted by atomic mass is 35.5. The molecule has 2 aromatic rings. The van der Waals surface area contributed by atoms with E-state index in [1.165, 1.54) is 5.56 Å². The zero-order chi connectivity index (χ0) is 18.6. The summed E-state index contributed by atoms with van der Waals surface area (Å²) >= 11 is 6.31. The molecule has 2 heterocycles. The molecular formula is C22H26ClN3O. The number of carbonyl (C=O) groups excluding carboxylic acids is 1. The Morgan fingerprint density at radius 3 is 2.37 bits per heavy atom. The molecule has 2 aliphatic heterocycles. The highest BCUT2D eigenvalue weighted by Gasteiger charge is 2.24. The van der Waals surface area contributed by atoms with Crippen molar-refractivity contribution in [1.29, 1.82) is 0 Å². The topological polar surface area (TPSA) is 26.8 Å². The number of carbonyl (C=O) groups is 1. The molecule has 0 atom stereocenters. The van der Waals surface area contributed by atoms with Crippen molar-refractivity contribution in [1.82, 2.24) is 4.90 Å². The van der Waals surface area contributed by atoms with Crippen molar-refractivity contribution in [2.24, 2.45) is 0 Å². The third kappa shape index (κ3) is 4.12. The van der Waals surface area contributed by atoms with Gasteiger partial charge in [-0.05, 0) is 43.1 Å². The predicted octanol–water partition coefficient (Wildman–Crippen LogP) is 3.83. The van der Waals surface area contributed by atoms with Crippen LogP contribution in [-0.2, 0) is 11.2 Å². The Balaban J connectivity index is 1.22. The molecule has 1 saturated heterocycles. The SMILES string of the molecule is O=C(CCCN1CCN(c2ccccc2Cl)CC1)N1CCc2ccccc21. The first-order chi connectivity index (χ1) is 13.2. The lowest BCUT2D eigenvalue weighted by molar-refractivity contribution is -0.118.